The molecule has 1 aliphatic rings. The minimum absolute atomic E-state index is 0.366. The van der Waals surface area contributed by atoms with E-state index in [1.54, 1.807) is 0 Å². The summed E-state index contributed by atoms with van der Waals surface area (Å²) in [4.78, 5) is 0. The van der Waals surface area contributed by atoms with Crippen LogP contribution in [0.4, 0.5) is 0 Å². The molecule has 0 saturated heterocycles. The maximum absolute atomic E-state index is 6.29. The van der Waals surface area contributed by atoms with E-state index < -0.39 is 0 Å². The number of nitrogens with two attached hydrogens (primary N) is 1. The van der Waals surface area contributed by atoms with E-state index in [4.69, 9.17) is 17.3 Å². The summed E-state index contributed by atoms with van der Waals surface area (Å²) in [6.45, 7) is 4.59. The second kappa shape index (κ2) is 5.41. The summed E-state index contributed by atoms with van der Waals surface area (Å²) in [5.74, 6) is 2.05. The summed E-state index contributed by atoms with van der Waals surface area (Å²) >= 11 is 5.92. The first-order valence-corrected chi connectivity index (χ1v) is 7.00. The fourth-order valence-electron chi connectivity index (χ4n) is 3.07. The van der Waals surface area contributed by atoms with Gasteiger partial charge in [0.05, 0.1) is 0 Å². The fraction of sp³-hybridized carbons (Fsp3) is 0.600. The van der Waals surface area contributed by atoms with Crippen molar-refractivity contribution in [3.05, 3.63) is 34.9 Å². The highest BCUT2D eigenvalue weighted by Gasteiger charge is 2.34. The maximum Gasteiger partial charge on any atom is 0.0406 e. The Morgan fingerprint density at radius 3 is 2.53 bits per heavy atom. The van der Waals surface area contributed by atoms with Crippen LogP contribution in [0.2, 0.25) is 5.02 Å². The van der Waals surface area contributed by atoms with Crippen molar-refractivity contribution in [2.24, 2.45) is 17.6 Å². The van der Waals surface area contributed by atoms with Crippen LogP contribution in [0.3, 0.4) is 0 Å². The number of hydrogen-bond donors (Lipinski definition) is 1. The zero-order valence-electron chi connectivity index (χ0n) is 10.7. The Hall–Kier alpha value is -0.530. The van der Waals surface area contributed by atoms with E-state index in [0.29, 0.717) is 17.9 Å². The van der Waals surface area contributed by atoms with Crippen LogP contribution in [-0.4, -0.2) is 6.04 Å². The third-order valence-corrected chi connectivity index (χ3v) is 4.63. The van der Waals surface area contributed by atoms with Gasteiger partial charge in [-0.05, 0) is 48.3 Å². The van der Waals surface area contributed by atoms with Gasteiger partial charge in [0.2, 0.25) is 0 Å². The molecule has 2 rings (SSSR count). The number of rotatable bonds is 3. The van der Waals surface area contributed by atoms with Gasteiger partial charge >= 0.3 is 0 Å². The number of hydrogen-bond acceptors (Lipinski definition) is 1. The van der Waals surface area contributed by atoms with Gasteiger partial charge in [-0.3, -0.25) is 0 Å². The molecule has 0 bridgehead atoms. The monoisotopic (exact) mass is 251 g/mol. The topological polar surface area (TPSA) is 26.0 Å². The summed E-state index contributed by atoms with van der Waals surface area (Å²) in [5, 5.41) is 0.814. The van der Waals surface area contributed by atoms with Crippen molar-refractivity contribution in [1.29, 1.82) is 0 Å². The summed E-state index contributed by atoms with van der Waals surface area (Å²) < 4.78 is 0. The van der Waals surface area contributed by atoms with Gasteiger partial charge in [0.15, 0.2) is 0 Å². The first-order valence-electron chi connectivity index (χ1n) is 6.62. The predicted octanol–water partition coefficient (Wildman–Crippen LogP) is 4.21. The van der Waals surface area contributed by atoms with Crippen LogP contribution < -0.4 is 5.73 Å². The van der Waals surface area contributed by atoms with Crippen LogP contribution in [0.15, 0.2) is 24.3 Å². The maximum atomic E-state index is 6.29. The van der Waals surface area contributed by atoms with Crippen LogP contribution >= 0.6 is 11.6 Å². The molecule has 1 aliphatic carbocycles. The zero-order valence-corrected chi connectivity index (χ0v) is 11.5. The quantitative estimate of drug-likeness (QED) is 0.856. The second-order valence-corrected chi connectivity index (χ2v) is 5.87. The van der Waals surface area contributed by atoms with Crippen LogP contribution in [0, 0.1) is 11.8 Å². The van der Waals surface area contributed by atoms with Crippen LogP contribution in [0.5, 0.6) is 0 Å². The molecule has 2 N–H and O–H groups in total. The summed E-state index contributed by atoms with van der Waals surface area (Å²) in [6.07, 6.45) is 3.58. The van der Waals surface area contributed by atoms with Gasteiger partial charge in [-0.15, -0.1) is 0 Å². The standard InChI is InChI=1S/C15H22ClN/c1-3-10(2)14-8-12(9-15(14)17)11-4-6-13(16)7-5-11/h4-7,10,12,14-15H,3,8-9,17H2,1-2H3. The highest BCUT2D eigenvalue weighted by Crippen LogP contribution is 2.41. The number of halogens is 1. The lowest BCUT2D eigenvalue weighted by molar-refractivity contribution is 0.323. The Labute approximate surface area is 109 Å². The molecule has 1 saturated carbocycles. The fourth-order valence-corrected chi connectivity index (χ4v) is 3.19. The molecule has 1 fully saturated rings. The Morgan fingerprint density at radius 2 is 1.94 bits per heavy atom. The smallest absolute Gasteiger partial charge is 0.0406 e. The summed E-state index contributed by atoms with van der Waals surface area (Å²) in [7, 11) is 0. The largest absolute Gasteiger partial charge is 0.327 e. The van der Waals surface area contributed by atoms with Crippen molar-refractivity contribution in [1.82, 2.24) is 0 Å². The molecule has 1 nitrogen and oxygen atoms in total. The average molecular weight is 252 g/mol. The molecule has 0 aromatic heterocycles. The molecule has 0 radical (unpaired) electrons. The van der Waals surface area contributed by atoms with E-state index in [1.165, 1.54) is 18.4 Å². The first kappa shape index (κ1) is 12.9. The van der Waals surface area contributed by atoms with Gasteiger partial charge in [0.25, 0.3) is 0 Å². The zero-order chi connectivity index (χ0) is 12.4. The van der Waals surface area contributed by atoms with Gasteiger partial charge in [0.1, 0.15) is 0 Å². The number of benzene rings is 1. The van der Waals surface area contributed by atoms with E-state index in [2.05, 4.69) is 26.0 Å². The van der Waals surface area contributed by atoms with E-state index >= 15 is 0 Å². The molecular weight excluding hydrogens is 230 g/mol. The third kappa shape index (κ3) is 2.83. The van der Waals surface area contributed by atoms with Crippen molar-refractivity contribution >= 4 is 11.6 Å². The van der Waals surface area contributed by atoms with Crippen molar-refractivity contribution in [2.45, 2.75) is 45.1 Å². The Morgan fingerprint density at radius 1 is 1.29 bits per heavy atom. The molecule has 4 unspecified atom stereocenters. The first-order chi connectivity index (χ1) is 8.11. The van der Waals surface area contributed by atoms with E-state index in [9.17, 15) is 0 Å². The van der Waals surface area contributed by atoms with E-state index in [-0.39, 0.29) is 0 Å². The molecule has 4 atom stereocenters. The van der Waals surface area contributed by atoms with Gasteiger partial charge in [0, 0.05) is 11.1 Å². The highest BCUT2D eigenvalue weighted by atomic mass is 35.5. The summed E-state index contributed by atoms with van der Waals surface area (Å²) in [6, 6.07) is 8.64. The Kier molecular flexibility index (Phi) is 4.11. The average Bonchev–Trinajstić information content (AvgIpc) is 2.71. The van der Waals surface area contributed by atoms with Gasteiger partial charge in [-0.1, -0.05) is 44.0 Å². The van der Waals surface area contributed by atoms with Gasteiger partial charge in [-0.25, -0.2) is 0 Å². The van der Waals surface area contributed by atoms with Crippen LogP contribution in [0.1, 0.15) is 44.6 Å². The SMILES string of the molecule is CCC(C)C1CC(c2ccc(Cl)cc2)CC1N. The lowest BCUT2D eigenvalue weighted by Gasteiger charge is -2.21. The molecule has 1 aromatic rings. The van der Waals surface area contributed by atoms with Crippen molar-refractivity contribution in [3.8, 4) is 0 Å². The predicted molar refractivity (Wildman–Crippen MR) is 74.3 cm³/mol. The molecular formula is C15H22ClN. The van der Waals surface area contributed by atoms with Crippen LogP contribution in [0.25, 0.3) is 0 Å². The molecule has 0 spiro atoms. The third-order valence-electron chi connectivity index (χ3n) is 4.38. The Balaban J connectivity index is 2.08. The van der Waals surface area contributed by atoms with Crippen molar-refractivity contribution in [3.63, 3.8) is 0 Å². The highest BCUT2D eigenvalue weighted by molar-refractivity contribution is 6.30. The molecule has 94 valence electrons. The molecule has 17 heavy (non-hydrogen) atoms. The molecule has 1 aromatic carbocycles. The molecule has 0 heterocycles. The van der Waals surface area contributed by atoms with Crippen molar-refractivity contribution in [2.75, 3.05) is 0 Å². The lowest BCUT2D eigenvalue weighted by atomic mass is 9.87. The molecule has 0 amide bonds. The van der Waals surface area contributed by atoms with Crippen molar-refractivity contribution < 1.29 is 0 Å². The van der Waals surface area contributed by atoms with E-state index in [1.807, 2.05) is 12.1 Å². The van der Waals surface area contributed by atoms with Gasteiger partial charge < -0.3 is 5.73 Å². The normalized spacial score (nSPS) is 30.5. The van der Waals surface area contributed by atoms with E-state index in [0.717, 1.165) is 17.4 Å². The van der Waals surface area contributed by atoms with Gasteiger partial charge in [-0.2, -0.15) is 0 Å². The minimum Gasteiger partial charge on any atom is -0.327 e. The van der Waals surface area contributed by atoms with Crippen LogP contribution in [-0.2, 0) is 0 Å². The Bertz CT molecular complexity index is 360. The molecule has 0 aliphatic heterocycles. The molecule has 2 heteroatoms. The lowest BCUT2D eigenvalue weighted by Crippen LogP contribution is -2.28. The summed E-state index contributed by atoms with van der Waals surface area (Å²) in [5.41, 5.74) is 7.69. The second-order valence-electron chi connectivity index (χ2n) is 5.43. The minimum atomic E-state index is 0.366.